The molecular formula is C19H29NO. The summed E-state index contributed by atoms with van der Waals surface area (Å²) in [5.74, 6) is 0.598. The second-order valence-corrected chi connectivity index (χ2v) is 8.15. The molecule has 1 aromatic carbocycles. The van der Waals surface area contributed by atoms with Crippen molar-refractivity contribution in [2.45, 2.75) is 77.5 Å². The van der Waals surface area contributed by atoms with Crippen molar-refractivity contribution < 1.29 is 4.74 Å². The molecule has 2 unspecified atom stereocenters. The van der Waals surface area contributed by atoms with Crippen LogP contribution in [0, 0.1) is 5.92 Å². The standard InChI is InChI=1S/C19H29NO/c1-13-6-8-15-10-14(7-9-17(15)20-13)11-16-12-18(2,3)21-19(16,4)5/h7,9-10,13,16,20H,6,8,11-12H2,1-5H3. The van der Waals surface area contributed by atoms with E-state index in [9.17, 15) is 0 Å². The van der Waals surface area contributed by atoms with E-state index in [-0.39, 0.29) is 11.2 Å². The van der Waals surface area contributed by atoms with Crippen LogP contribution in [-0.4, -0.2) is 17.2 Å². The molecule has 3 rings (SSSR count). The van der Waals surface area contributed by atoms with Gasteiger partial charge in [-0.25, -0.2) is 0 Å². The Morgan fingerprint density at radius 2 is 2.00 bits per heavy atom. The van der Waals surface area contributed by atoms with Gasteiger partial charge in [0, 0.05) is 11.7 Å². The molecule has 2 heterocycles. The molecule has 1 fully saturated rings. The Morgan fingerprint density at radius 1 is 1.24 bits per heavy atom. The highest BCUT2D eigenvalue weighted by atomic mass is 16.5. The molecule has 0 amide bonds. The molecule has 2 atom stereocenters. The first-order chi connectivity index (χ1) is 9.75. The molecule has 0 aromatic heterocycles. The van der Waals surface area contributed by atoms with E-state index in [1.807, 2.05) is 0 Å². The van der Waals surface area contributed by atoms with Crippen molar-refractivity contribution in [1.82, 2.24) is 0 Å². The SMILES string of the molecule is CC1CCc2cc(CC3CC(C)(C)OC3(C)C)ccc2N1. The maximum absolute atomic E-state index is 6.24. The van der Waals surface area contributed by atoms with Crippen LogP contribution in [0.25, 0.3) is 0 Å². The predicted molar refractivity (Wildman–Crippen MR) is 88.9 cm³/mol. The van der Waals surface area contributed by atoms with Gasteiger partial charge in [0.25, 0.3) is 0 Å². The molecule has 2 aliphatic rings. The van der Waals surface area contributed by atoms with Gasteiger partial charge in [-0.1, -0.05) is 12.1 Å². The number of fused-ring (bicyclic) bond motifs is 1. The van der Waals surface area contributed by atoms with Gasteiger partial charge in [0.2, 0.25) is 0 Å². The average Bonchev–Trinajstić information content (AvgIpc) is 2.57. The molecule has 2 heteroatoms. The van der Waals surface area contributed by atoms with Crippen LogP contribution >= 0.6 is 0 Å². The highest BCUT2D eigenvalue weighted by molar-refractivity contribution is 5.55. The van der Waals surface area contributed by atoms with E-state index in [0.29, 0.717) is 12.0 Å². The zero-order chi connectivity index (χ0) is 15.3. The third kappa shape index (κ3) is 3.11. The van der Waals surface area contributed by atoms with E-state index in [4.69, 9.17) is 4.74 Å². The summed E-state index contributed by atoms with van der Waals surface area (Å²) in [6.45, 7) is 11.2. The fraction of sp³-hybridized carbons (Fsp3) is 0.684. The van der Waals surface area contributed by atoms with Gasteiger partial charge in [0.1, 0.15) is 0 Å². The number of nitrogens with one attached hydrogen (secondary N) is 1. The van der Waals surface area contributed by atoms with Gasteiger partial charge in [0.05, 0.1) is 11.2 Å². The first kappa shape index (κ1) is 14.9. The topological polar surface area (TPSA) is 21.3 Å². The summed E-state index contributed by atoms with van der Waals surface area (Å²) in [6.07, 6.45) is 4.71. The van der Waals surface area contributed by atoms with Crippen LogP contribution in [0.1, 0.15) is 58.6 Å². The minimum Gasteiger partial charge on any atom is -0.382 e. The number of rotatable bonds is 2. The molecule has 0 spiro atoms. The van der Waals surface area contributed by atoms with E-state index in [1.54, 1.807) is 0 Å². The molecule has 2 nitrogen and oxygen atoms in total. The van der Waals surface area contributed by atoms with Crippen molar-refractivity contribution in [3.05, 3.63) is 29.3 Å². The van der Waals surface area contributed by atoms with Crippen molar-refractivity contribution in [2.75, 3.05) is 5.32 Å². The number of benzene rings is 1. The second-order valence-electron chi connectivity index (χ2n) is 8.15. The van der Waals surface area contributed by atoms with E-state index < -0.39 is 0 Å². The third-order valence-electron chi connectivity index (χ3n) is 5.16. The summed E-state index contributed by atoms with van der Waals surface area (Å²) in [5, 5.41) is 3.59. The summed E-state index contributed by atoms with van der Waals surface area (Å²) in [5.41, 5.74) is 4.27. The van der Waals surface area contributed by atoms with Gasteiger partial charge in [-0.2, -0.15) is 0 Å². The summed E-state index contributed by atoms with van der Waals surface area (Å²) in [4.78, 5) is 0. The number of aryl methyl sites for hydroxylation is 1. The van der Waals surface area contributed by atoms with Crippen LogP contribution in [0.4, 0.5) is 5.69 Å². The Balaban J connectivity index is 1.77. The lowest BCUT2D eigenvalue weighted by Gasteiger charge is -2.28. The third-order valence-corrected chi connectivity index (χ3v) is 5.16. The lowest BCUT2D eigenvalue weighted by atomic mass is 9.82. The van der Waals surface area contributed by atoms with Crippen molar-refractivity contribution in [3.8, 4) is 0 Å². The number of hydrogen-bond acceptors (Lipinski definition) is 2. The van der Waals surface area contributed by atoms with Crippen LogP contribution in [0.15, 0.2) is 18.2 Å². The zero-order valence-corrected chi connectivity index (χ0v) is 14.1. The van der Waals surface area contributed by atoms with Gasteiger partial charge in [-0.3, -0.25) is 0 Å². The van der Waals surface area contributed by atoms with Crippen molar-refractivity contribution in [1.29, 1.82) is 0 Å². The molecule has 116 valence electrons. The average molecular weight is 287 g/mol. The largest absolute Gasteiger partial charge is 0.382 e. The first-order valence-electron chi connectivity index (χ1n) is 8.34. The van der Waals surface area contributed by atoms with Crippen molar-refractivity contribution in [3.63, 3.8) is 0 Å². The van der Waals surface area contributed by atoms with Crippen LogP contribution in [-0.2, 0) is 17.6 Å². The summed E-state index contributed by atoms with van der Waals surface area (Å²) >= 11 is 0. The monoisotopic (exact) mass is 287 g/mol. The summed E-state index contributed by atoms with van der Waals surface area (Å²) in [6, 6.07) is 7.58. The van der Waals surface area contributed by atoms with Crippen molar-refractivity contribution in [2.24, 2.45) is 5.92 Å². The highest BCUT2D eigenvalue weighted by Gasteiger charge is 2.45. The molecule has 1 saturated heterocycles. The number of hydrogen-bond donors (Lipinski definition) is 1. The number of anilines is 1. The van der Waals surface area contributed by atoms with Gasteiger partial charge in [-0.05, 0) is 83.4 Å². The zero-order valence-electron chi connectivity index (χ0n) is 14.1. The molecule has 0 bridgehead atoms. The molecule has 2 aliphatic heterocycles. The number of ether oxygens (including phenoxy) is 1. The minimum absolute atomic E-state index is 0.0133. The Hall–Kier alpha value is -1.02. The van der Waals surface area contributed by atoms with Crippen LogP contribution < -0.4 is 5.32 Å². The molecular weight excluding hydrogens is 258 g/mol. The quantitative estimate of drug-likeness (QED) is 0.860. The van der Waals surface area contributed by atoms with Gasteiger partial charge >= 0.3 is 0 Å². The molecule has 0 saturated carbocycles. The Morgan fingerprint density at radius 3 is 2.67 bits per heavy atom. The van der Waals surface area contributed by atoms with Gasteiger partial charge in [-0.15, -0.1) is 0 Å². The maximum atomic E-state index is 6.24. The minimum atomic E-state index is -0.0217. The smallest absolute Gasteiger partial charge is 0.0666 e. The fourth-order valence-electron chi connectivity index (χ4n) is 4.11. The Kier molecular flexibility index (Phi) is 3.56. The normalized spacial score (nSPS) is 29.8. The van der Waals surface area contributed by atoms with Crippen LogP contribution in [0.5, 0.6) is 0 Å². The summed E-state index contributed by atoms with van der Waals surface area (Å²) in [7, 11) is 0. The van der Waals surface area contributed by atoms with Gasteiger partial charge < -0.3 is 10.1 Å². The second kappa shape index (κ2) is 5.01. The Bertz CT molecular complexity index is 532. The Labute approximate surface area is 129 Å². The predicted octanol–water partition coefficient (Wildman–Crippen LogP) is 4.57. The molecule has 21 heavy (non-hydrogen) atoms. The molecule has 0 radical (unpaired) electrons. The lowest BCUT2D eigenvalue weighted by molar-refractivity contribution is -0.0744. The maximum Gasteiger partial charge on any atom is 0.0666 e. The van der Waals surface area contributed by atoms with E-state index in [2.05, 4.69) is 58.1 Å². The first-order valence-corrected chi connectivity index (χ1v) is 8.34. The van der Waals surface area contributed by atoms with Crippen LogP contribution in [0.3, 0.4) is 0 Å². The molecule has 0 aliphatic carbocycles. The lowest BCUT2D eigenvalue weighted by Crippen LogP contribution is -2.30. The van der Waals surface area contributed by atoms with Crippen LogP contribution in [0.2, 0.25) is 0 Å². The molecule has 1 aromatic rings. The fourth-order valence-corrected chi connectivity index (χ4v) is 4.11. The van der Waals surface area contributed by atoms with E-state index >= 15 is 0 Å². The van der Waals surface area contributed by atoms with Crippen molar-refractivity contribution >= 4 is 5.69 Å². The summed E-state index contributed by atoms with van der Waals surface area (Å²) < 4.78 is 6.24. The highest BCUT2D eigenvalue weighted by Crippen LogP contribution is 2.43. The van der Waals surface area contributed by atoms with Gasteiger partial charge in [0.15, 0.2) is 0 Å². The van der Waals surface area contributed by atoms with E-state index in [0.717, 1.165) is 12.8 Å². The van der Waals surface area contributed by atoms with E-state index in [1.165, 1.54) is 29.7 Å². The molecule has 1 N–H and O–H groups in total.